The highest BCUT2D eigenvalue weighted by atomic mass is 79.9. The summed E-state index contributed by atoms with van der Waals surface area (Å²) in [6.45, 7) is 3.97. The first-order valence-corrected chi connectivity index (χ1v) is 7.61. The van der Waals surface area contributed by atoms with Crippen LogP contribution in [0.2, 0.25) is 5.02 Å². The molecular formula is C13H11Br2ClN2O. The Morgan fingerprint density at radius 1 is 1.32 bits per heavy atom. The lowest BCUT2D eigenvalue weighted by atomic mass is 10.1. The third-order valence-electron chi connectivity index (χ3n) is 2.62. The van der Waals surface area contributed by atoms with Crippen molar-refractivity contribution in [1.29, 1.82) is 0 Å². The van der Waals surface area contributed by atoms with Gasteiger partial charge in [-0.15, -0.1) is 0 Å². The van der Waals surface area contributed by atoms with Crippen LogP contribution in [0.15, 0.2) is 31.9 Å². The molecule has 6 heteroatoms. The smallest absolute Gasteiger partial charge is 0.265 e. The largest absolute Gasteiger partial charge is 0.305 e. The van der Waals surface area contributed by atoms with Crippen LogP contribution in [-0.2, 0) is 0 Å². The van der Waals surface area contributed by atoms with E-state index in [0.29, 0.717) is 20.9 Å². The van der Waals surface area contributed by atoms with Gasteiger partial charge in [0.05, 0.1) is 10.7 Å². The van der Waals surface area contributed by atoms with Crippen LogP contribution >= 0.6 is 43.5 Å². The van der Waals surface area contributed by atoms with Crippen LogP contribution < -0.4 is 5.56 Å². The maximum absolute atomic E-state index is 11.9. The highest BCUT2D eigenvalue weighted by Gasteiger charge is 2.14. The van der Waals surface area contributed by atoms with Crippen LogP contribution in [0.3, 0.4) is 0 Å². The molecule has 0 atom stereocenters. The first kappa shape index (κ1) is 14.8. The van der Waals surface area contributed by atoms with Crippen molar-refractivity contribution in [2.45, 2.75) is 19.8 Å². The number of halogens is 3. The fourth-order valence-corrected chi connectivity index (χ4v) is 2.88. The van der Waals surface area contributed by atoms with Crippen molar-refractivity contribution in [3.63, 3.8) is 0 Å². The standard InChI is InChI=1S/C13H11Br2ClN2O/c1-6(2)11-10(15)13(19)18-12(17-11)8-5-7(14)3-4-9(8)16/h3-6H,1-2H3,(H,17,18,19). The van der Waals surface area contributed by atoms with Gasteiger partial charge in [0, 0.05) is 10.0 Å². The van der Waals surface area contributed by atoms with Crippen molar-refractivity contribution < 1.29 is 0 Å². The fraction of sp³-hybridized carbons (Fsp3) is 0.231. The van der Waals surface area contributed by atoms with E-state index >= 15 is 0 Å². The molecule has 0 aliphatic rings. The number of nitrogens with zero attached hydrogens (tertiary/aromatic N) is 1. The summed E-state index contributed by atoms with van der Waals surface area (Å²) in [5, 5.41) is 0.545. The molecule has 0 amide bonds. The van der Waals surface area contributed by atoms with Crippen LogP contribution in [0.5, 0.6) is 0 Å². The monoisotopic (exact) mass is 404 g/mol. The van der Waals surface area contributed by atoms with Gasteiger partial charge in [0.1, 0.15) is 10.3 Å². The average molecular weight is 407 g/mol. The Kier molecular flexibility index (Phi) is 4.48. The predicted molar refractivity (Wildman–Crippen MR) is 84.8 cm³/mol. The van der Waals surface area contributed by atoms with E-state index < -0.39 is 0 Å². The molecule has 19 heavy (non-hydrogen) atoms. The average Bonchev–Trinajstić information content (AvgIpc) is 2.35. The third kappa shape index (κ3) is 3.09. The quantitative estimate of drug-likeness (QED) is 0.783. The van der Waals surface area contributed by atoms with Crippen molar-refractivity contribution in [2.75, 3.05) is 0 Å². The second-order valence-corrected chi connectivity index (χ2v) is 6.51. The zero-order chi connectivity index (χ0) is 14.2. The van der Waals surface area contributed by atoms with E-state index in [9.17, 15) is 4.79 Å². The van der Waals surface area contributed by atoms with E-state index in [2.05, 4.69) is 41.8 Å². The zero-order valence-corrected chi connectivity index (χ0v) is 14.2. The van der Waals surface area contributed by atoms with Gasteiger partial charge >= 0.3 is 0 Å². The number of aromatic nitrogens is 2. The summed E-state index contributed by atoms with van der Waals surface area (Å²) in [4.78, 5) is 19.2. The molecule has 1 N–H and O–H groups in total. The molecule has 100 valence electrons. The second kappa shape index (κ2) is 5.77. The van der Waals surface area contributed by atoms with E-state index in [1.807, 2.05) is 26.0 Å². The summed E-state index contributed by atoms with van der Waals surface area (Å²) in [6.07, 6.45) is 0. The van der Waals surface area contributed by atoms with Gasteiger partial charge in [0.25, 0.3) is 5.56 Å². The van der Waals surface area contributed by atoms with E-state index in [4.69, 9.17) is 11.6 Å². The lowest BCUT2D eigenvalue weighted by molar-refractivity contribution is 0.803. The molecule has 2 aromatic rings. The lowest BCUT2D eigenvalue weighted by Gasteiger charge is -2.10. The van der Waals surface area contributed by atoms with Crippen molar-refractivity contribution >= 4 is 43.5 Å². The highest BCUT2D eigenvalue weighted by molar-refractivity contribution is 9.10. The zero-order valence-electron chi connectivity index (χ0n) is 10.3. The molecule has 0 saturated heterocycles. The Morgan fingerprint density at radius 2 is 2.00 bits per heavy atom. The molecule has 2 rings (SSSR count). The van der Waals surface area contributed by atoms with Gasteiger partial charge in [0.15, 0.2) is 0 Å². The topological polar surface area (TPSA) is 45.8 Å². The van der Waals surface area contributed by atoms with Gasteiger partial charge in [-0.05, 0) is 40.0 Å². The molecule has 3 nitrogen and oxygen atoms in total. The molecule has 0 unspecified atom stereocenters. The minimum Gasteiger partial charge on any atom is -0.305 e. The molecule has 0 bridgehead atoms. The normalized spacial score (nSPS) is 11.1. The summed E-state index contributed by atoms with van der Waals surface area (Å²) < 4.78 is 1.35. The van der Waals surface area contributed by atoms with E-state index in [0.717, 1.165) is 10.2 Å². The minimum atomic E-state index is -0.204. The molecule has 0 aliphatic heterocycles. The summed E-state index contributed by atoms with van der Waals surface area (Å²) >= 11 is 12.8. The van der Waals surface area contributed by atoms with Crippen molar-refractivity contribution in [2.24, 2.45) is 0 Å². The summed E-state index contributed by atoms with van der Waals surface area (Å²) in [7, 11) is 0. The van der Waals surface area contributed by atoms with Crippen molar-refractivity contribution in [1.82, 2.24) is 9.97 Å². The number of aromatic amines is 1. The molecule has 0 fully saturated rings. The highest BCUT2D eigenvalue weighted by Crippen LogP contribution is 2.29. The Labute approximate surface area is 132 Å². The predicted octanol–water partition coefficient (Wildman–Crippen LogP) is 4.74. The number of nitrogens with one attached hydrogen (secondary N) is 1. The van der Waals surface area contributed by atoms with Gasteiger partial charge in [-0.3, -0.25) is 4.79 Å². The second-order valence-electron chi connectivity index (χ2n) is 4.39. The molecule has 1 aromatic carbocycles. The molecule has 1 heterocycles. The fourth-order valence-electron chi connectivity index (χ4n) is 1.67. The van der Waals surface area contributed by atoms with Crippen LogP contribution in [-0.4, -0.2) is 9.97 Å². The molecule has 1 aromatic heterocycles. The molecular weight excluding hydrogens is 395 g/mol. The third-order valence-corrected chi connectivity index (χ3v) is 4.21. The summed E-state index contributed by atoms with van der Waals surface area (Å²) in [5.74, 6) is 0.615. The number of H-pyrrole nitrogens is 1. The number of hydrogen-bond donors (Lipinski definition) is 1. The Hall–Kier alpha value is -0.650. The van der Waals surface area contributed by atoms with Crippen molar-refractivity contribution in [3.8, 4) is 11.4 Å². The van der Waals surface area contributed by atoms with Crippen LogP contribution in [0.4, 0.5) is 0 Å². The minimum absolute atomic E-state index is 0.140. The van der Waals surface area contributed by atoms with Gasteiger partial charge in [-0.25, -0.2) is 4.98 Å². The number of hydrogen-bond acceptors (Lipinski definition) is 2. The maximum Gasteiger partial charge on any atom is 0.265 e. The van der Waals surface area contributed by atoms with E-state index in [1.165, 1.54) is 0 Å². The number of benzene rings is 1. The van der Waals surface area contributed by atoms with Gasteiger partial charge < -0.3 is 4.98 Å². The number of rotatable bonds is 2. The van der Waals surface area contributed by atoms with Gasteiger partial charge in [-0.2, -0.15) is 0 Å². The first-order valence-electron chi connectivity index (χ1n) is 5.65. The Bertz CT molecular complexity index is 683. The molecule has 0 spiro atoms. The van der Waals surface area contributed by atoms with Crippen LogP contribution in [0, 0.1) is 0 Å². The first-order chi connectivity index (χ1) is 8.90. The SMILES string of the molecule is CC(C)c1nc(-c2cc(Br)ccc2Cl)[nH]c(=O)c1Br. The maximum atomic E-state index is 11.9. The van der Waals surface area contributed by atoms with E-state index in [1.54, 1.807) is 6.07 Å². The Balaban J connectivity index is 2.70. The lowest BCUT2D eigenvalue weighted by Crippen LogP contribution is -2.14. The van der Waals surface area contributed by atoms with Crippen molar-refractivity contribution in [3.05, 3.63) is 48.2 Å². The van der Waals surface area contributed by atoms with Gasteiger partial charge in [-0.1, -0.05) is 41.4 Å². The van der Waals surface area contributed by atoms with Crippen LogP contribution in [0.1, 0.15) is 25.5 Å². The van der Waals surface area contributed by atoms with E-state index in [-0.39, 0.29) is 11.5 Å². The Morgan fingerprint density at radius 3 is 2.63 bits per heavy atom. The summed E-state index contributed by atoms with van der Waals surface area (Å²) in [6, 6.07) is 5.43. The molecule has 0 aliphatic carbocycles. The summed E-state index contributed by atoms with van der Waals surface area (Å²) in [5.41, 5.74) is 1.21. The molecule has 0 saturated carbocycles. The van der Waals surface area contributed by atoms with Crippen LogP contribution in [0.25, 0.3) is 11.4 Å². The molecule has 0 radical (unpaired) electrons. The van der Waals surface area contributed by atoms with Gasteiger partial charge in [0.2, 0.25) is 0 Å².